The van der Waals surface area contributed by atoms with Crippen LogP contribution in [0.5, 0.6) is 0 Å². The fraction of sp³-hybridized carbons (Fsp3) is 0.318. The summed E-state index contributed by atoms with van der Waals surface area (Å²) in [6.45, 7) is 4.31. The lowest BCUT2D eigenvalue weighted by Gasteiger charge is -2.28. The molecule has 1 aromatic heterocycles. The van der Waals surface area contributed by atoms with Crippen molar-refractivity contribution in [2.45, 2.75) is 25.7 Å². The van der Waals surface area contributed by atoms with Gasteiger partial charge >= 0.3 is 0 Å². The first-order chi connectivity index (χ1) is 12.1. The van der Waals surface area contributed by atoms with E-state index in [4.69, 9.17) is 0 Å². The molecule has 25 heavy (non-hydrogen) atoms. The highest BCUT2D eigenvalue weighted by Gasteiger charge is 2.21. The minimum Gasteiger partial charge on any atom is -0.361 e. The van der Waals surface area contributed by atoms with E-state index in [-0.39, 0.29) is 5.78 Å². The molecule has 3 nitrogen and oxygen atoms in total. The molecule has 0 aliphatic carbocycles. The number of rotatable bonds is 3. The molecule has 0 bridgehead atoms. The van der Waals surface area contributed by atoms with Crippen LogP contribution in [0.15, 0.2) is 48.7 Å². The zero-order chi connectivity index (χ0) is 17.4. The molecule has 4 rings (SSSR count). The van der Waals surface area contributed by atoms with E-state index in [1.54, 1.807) is 0 Å². The lowest BCUT2D eigenvalue weighted by Crippen LogP contribution is -2.29. The number of piperidine rings is 1. The molecule has 2 heterocycles. The molecular weight excluding hydrogens is 308 g/mol. The first kappa shape index (κ1) is 16.1. The molecule has 2 aromatic carbocycles. The number of H-pyrrole nitrogens is 1. The highest BCUT2D eigenvalue weighted by molar-refractivity contribution is 6.10. The molecule has 1 N–H and O–H groups in total. The quantitative estimate of drug-likeness (QED) is 0.716. The van der Waals surface area contributed by atoms with Crippen molar-refractivity contribution in [1.29, 1.82) is 0 Å². The maximum atomic E-state index is 12.8. The minimum absolute atomic E-state index is 0.0948. The van der Waals surface area contributed by atoms with Crippen LogP contribution in [0.25, 0.3) is 10.9 Å². The summed E-state index contributed by atoms with van der Waals surface area (Å²) in [6.07, 6.45) is 4.50. The van der Waals surface area contributed by atoms with Gasteiger partial charge in [0.25, 0.3) is 0 Å². The van der Waals surface area contributed by atoms with Gasteiger partial charge < -0.3 is 9.88 Å². The van der Waals surface area contributed by atoms with Crippen molar-refractivity contribution < 1.29 is 4.79 Å². The molecule has 0 saturated carbocycles. The highest BCUT2D eigenvalue weighted by Crippen LogP contribution is 2.33. The largest absolute Gasteiger partial charge is 0.361 e. The summed E-state index contributed by atoms with van der Waals surface area (Å²) in [5.74, 6) is 0.673. The van der Waals surface area contributed by atoms with Crippen molar-refractivity contribution in [2.24, 2.45) is 0 Å². The lowest BCUT2D eigenvalue weighted by molar-refractivity contribution is 0.103. The first-order valence-electron chi connectivity index (χ1n) is 9.03. The van der Waals surface area contributed by atoms with E-state index in [9.17, 15) is 4.79 Å². The fourth-order valence-electron chi connectivity index (χ4n) is 3.81. The number of ketones is 1. The standard InChI is InChI=1S/C22H24N2O/c1-15-3-5-17(6-4-15)22(25)18-7-8-21-19(13-18)20(14-23-21)16-9-11-24(2)12-10-16/h3-8,13-14,16,23H,9-12H2,1-2H3. The Kier molecular flexibility index (Phi) is 4.18. The molecule has 0 unspecified atom stereocenters. The second kappa shape index (κ2) is 6.49. The van der Waals surface area contributed by atoms with E-state index in [1.165, 1.54) is 29.4 Å². The molecule has 1 fully saturated rings. The van der Waals surface area contributed by atoms with E-state index in [0.717, 1.165) is 29.7 Å². The zero-order valence-electron chi connectivity index (χ0n) is 14.9. The summed E-state index contributed by atoms with van der Waals surface area (Å²) in [6, 6.07) is 13.8. The fourth-order valence-corrected chi connectivity index (χ4v) is 3.81. The van der Waals surface area contributed by atoms with Crippen LogP contribution in [-0.2, 0) is 0 Å². The predicted octanol–water partition coefficient (Wildman–Crippen LogP) is 4.52. The van der Waals surface area contributed by atoms with Crippen molar-refractivity contribution in [3.8, 4) is 0 Å². The van der Waals surface area contributed by atoms with Gasteiger partial charge in [0.1, 0.15) is 0 Å². The maximum Gasteiger partial charge on any atom is 0.193 e. The van der Waals surface area contributed by atoms with Crippen LogP contribution in [0.4, 0.5) is 0 Å². The number of aromatic amines is 1. The number of hydrogen-bond acceptors (Lipinski definition) is 2. The number of aryl methyl sites for hydroxylation is 1. The summed E-state index contributed by atoms with van der Waals surface area (Å²) in [5, 5.41) is 1.20. The van der Waals surface area contributed by atoms with Gasteiger partial charge in [-0.25, -0.2) is 0 Å². The van der Waals surface area contributed by atoms with Gasteiger partial charge in [0.2, 0.25) is 0 Å². The molecule has 1 saturated heterocycles. The molecule has 1 aliphatic rings. The third kappa shape index (κ3) is 3.12. The second-order valence-corrected chi connectivity index (χ2v) is 7.28. The van der Waals surface area contributed by atoms with Crippen molar-refractivity contribution in [3.63, 3.8) is 0 Å². The average Bonchev–Trinajstić information content (AvgIpc) is 3.05. The van der Waals surface area contributed by atoms with Crippen LogP contribution in [0, 0.1) is 6.92 Å². The number of fused-ring (bicyclic) bond motifs is 1. The Labute approximate surface area is 148 Å². The number of nitrogens with zero attached hydrogens (tertiary/aromatic N) is 1. The van der Waals surface area contributed by atoms with Crippen LogP contribution >= 0.6 is 0 Å². The van der Waals surface area contributed by atoms with Crippen molar-refractivity contribution in [1.82, 2.24) is 9.88 Å². The monoisotopic (exact) mass is 332 g/mol. The molecule has 0 spiro atoms. The average molecular weight is 332 g/mol. The molecule has 3 aromatic rings. The van der Waals surface area contributed by atoms with Crippen LogP contribution in [0.1, 0.15) is 45.8 Å². The van der Waals surface area contributed by atoms with Gasteiger partial charge in [-0.1, -0.05) is 29.8 Å². The summed E-state index contributed by atoms with van der Waals surface area (Å²) in [5.41, 5.74) is 5.17. The molecule has 0 atom stereocenters. The van der Waals surface area contributed by atoms with E-state index < -0.39 is 0 Å². The molecule has 0 radical (unpaired) electrons. The van der Waals surface area contributed by atoms with E-state index in [2.05, 4.69) is 29.2 Å². The summed E-state index contributed by atoms with van der Waals surface area (Å²) < 4.78 is 0. The first-order valence-corrected chi connectivity index (χ1v) is 9.03. The molecule has 3 heteroatoms. The maximum absolute atomic E-state index is 12.8. The smallest absolute Gasteiger partial charge is 0.193 e. The summed E-state index contributed by atoms with van der Waals surface area (Å²) in [4.78, 5) is 18.6. The molecule has 0 amide bonds. The third-order valence-electron chi connectivity index (χ3n) is 5.45. The Morgan fingerprint density at radius 1 is 1.04 bits per heavy atom. The normalized spacial score (nSPS) is 16.4. The van der Waals surface area contributed by atoms with E-state index in [1.807, 2.05) is 43.3 Å². The van der Waals surface area contributed by atoms with Crippen LogP contribution in [0.2, 0.25) is 0 Å². The Bertz CT molecular complexity index is 899. The van der Waals surface area contributed by atoms with Crippen molar-refractivity contribution in [2.75, 3.05) is 20.1 Å². The Balaban J connectivity index is 1.68. The van der Waals surface area contributed by atoms with Crippen molar-refractivity contribution >= 4 is 16.7 Å². The van der Waals surface area contributed by atoms with Gasteiger partial charge in [-0.15, -0.1) is 0 Å². The SMILES string of the molecule is Cc1ccc(C(=O)c2ccc3[nH]cc(C4CCN(C)CC4)c3c2)cc1. The number of hydrogen-bond donors (Lipinski definition) is 1. The van der Waals surface area contributed by atoms with Gasteiger partial charge in [-0.3, -0.25) is 4.79 Å². The number of carbonyl (C=O) groups is 1. The van der Waals surface area contributed by atoms with Crippen LogP contribution < -0.4 is 0 Å². The number of nitrogens with one attached hydrogen (secondary N) is 1. The third-order valence-corrected chi connectivity index (χ3v) is 5.45. The molecule has 128 valence electrons. The zero-order valence-corrected chi connectivity index (χ0v) is 14.9. The number of carbonyl (C=O) groups excluding carboxylic acids is 1. The Morgan fingerprint density at radius 2 is 1.72 bits per heavy atom. The van der Waals surface area contributed by atoms with Gasteiger partial charge in [0.15, 0.2) is 5.78 Å². The second-order valence-electron chi connectivity index (χ2n) is 7.28. The number of benzene rings is 2. The topological polar surface area (TPSA) is 36.1 Å². The van der Waals surface area contributed by atoms with Gasteiger partial charge in [-0.2, -0.15) is 0 Å². The van der Waals surface area contributed by atoms with E-state index >= 15 is 0 Å². The predicted molar refractivity (Wildman–Crippen MR) is 102 cm³/mol. The minimum atomic E-state index is 0.0948. The van der Waals surface area contributed by atoms with Crippen LogP contribution in [0.3, 0.4) is 0 Å². The number of likely N-dealkylation sites (tertiary alicyclic amines) is 1. The van der Waals surface area contributed by atoms with Crippen LogP contribution in [-0.4, -0.2) is 35.8 Å². The Hall–Kier alpha value is -2.39. The Morgan fingerprint density at radius 3 is 2.44 bits per heavy atom. The van der Waals surface area contributed by atoms with Gasteiger partial charge in [0, 0.05) is 28.2 Å². The van der Waals surface area contributed by atoms with Gasteiger partial charge in [-0.05, 0) is 69.6 Å². The van der Waals surface area contributed by atoms with Gasteiger partial charge in [0.05, 0.1) is 0 Å². The molecule has 1 aliphatic heterocycles. The summed E-state index contributed by atoms with van der Waals surface area (Å²) >= 11 is 0. The summed E-state index contributed by atoms with van der Waals surface area (Å²) in [7, 11) is 2.18. The number of aromatic nitrogens is 1. The van der Waals surface area contributed by atoms with Crippen molar-refractivity contribution in [3.05, 3.63) is 70.9 Å². The lowest BCUT2D eigenvalue weighted by atomic mass is 9.88. The highest BCUT2D eigenvalue weighted by atomic mass is 16.1. The van der Waals surface area contributed by atoms with E-state index in [0.29, 0.717) is 5.92 Å². The molecular formula is C22H24N2O.